The Labute approximate surface area is 253 Å². The van der Waals surface area contributed by atoms with Gasteiger partial charge in [-0.1, -0.05) is 49.2 Å². The van der Waals surface area contributed by atoms with E-state index < -0.39 is 17.7 Å². The molecule has 43 heavy (non-hydrogen) atoms. The van der Waals surface area contributed by atoms with Crippen molar-refractivity contribution in [2.45, 2.75) is 51.7 Å². The van der Waals surface area contributed by atoms with Crippen LogP contribution < -0.4 is 16.4 Å². The molecule has 1 aliphatic heterocycles. The molecule has 1 aromatic heterocycles. The van der Waals surface area contributed by atoms with Crippen molar-refractivity contribution in [1.29, 1.82) is 0 Å². The van der Waals surface area contributed by atoms with Crippen LogP contribution in [0, 0.1) is 11.6 Å². The summed E-state index contributed by atoms with van der Waals surface area (Å²) in [6, 6.07) is 17.0. The summed E-state index contributed by atoms with van der Waals surface area (Å²) in [6.45, 7) is 3.02. The van der Waals surface area contributed by atoms with Crippen molar-refractivity contribution in [1.82, 2.24) is 14.5 Å². The van der Waals surface area contributed by atoms with Gasteiger partial charge < -0.3 is 25.8 Å². The molecule has 2 heterocycles. The van der Waals surface area contributed by atoms with Crippen LogP contribution in [-0.2, 0) is 29.1 Å². The molecule has 1 atom stereocenters. The highest BCUT2D eigenvalue weighted by Crippen LogP contribution is 2.34. The highest BCUT2D eigenvalue weighted by molar-refractivity contribution is 6.30. The minimum Gasteiger partial charge on any atom is -0.340 e. The number of benzene rings is 3. The van der Waals surface area contributed by atoms with E-state index in [9.17, 15) is 18.4 Å². The third-order valence-corrected chi connectivity index (χ3v) is 7.64. The normalized spacial score (nSPS) is 13.4. The number of amides is 2. The average molecular weight is 607 g/mol. The average Bonchev–Trinajstić information content (AvgIpc) is 3.36. The van der Waals surface area contributed by atoms with Gasteiger partial charge in [0.1, 0.15) is 29.0 Å². The number of nitrogens with zero attached hydrogens (tertiary/aromatic N) is 3. The number of carbonyl (C=O) groups excluding carboxylic acids is 2. The third kappa shape index (κ3) is 7.21. The molecule has 0 fully saturated rings. The summed E-state index contributed by atoms with van der Waals surface area (Å²) in [7, 11) is 0. The topological polar surface area (TPSA) is 105 Å². The lowest BCUT2D eigenvalue weighted by Crippen LogP contribution is -2.47. The molecule has 0 spiro atoms. The number of nitrogens with one attached hydrogen (secondary N) is 2. The fraction of sp³-hybridized carbons (Fsp3) is 0.281. The van der Waals surface area contributed by atoms with Crippen LogP contribution in [0.2, 0.25) is 5.02 Å². The maximum Gasteiger partial charge on any atom is 0.240 e. The van der Waals surface area contributed by atoms with Crippen LogP contribution in [0.4, 0.5) is 26.0 Å². The second-order valence-electron chi connectivity index (χ2n) is 10.6. The predicted molar refractivity (Wildman–Crippen MR) is 164 cm³/mol. The molecular weight excluding hydrogens is 574 g/mol. The van der Waals surface area contributed by atoms with Crippen LogP contribution in [0.1, 0.15) is 37.6 Å². The summed E-state index contributed by atoms with van der Waals surface area (Å²) >= 11 is 5.86. The van der Waals surface area contributed by atoms with Crippen molar-refractivity contribution >= 4 is 40.6 Å². The summed E-state index contributed by atoms with van der Waals surface area (Å²) in [5.41, 5.74) is 9.40. The first-order chi connectivity index (χ1) is 20.7. The van der Waals surface area contributed by atoms with Gasteiger partial charge in [-0.25, -0.2) is 13.8 Å². The van der Waals surface area contributed by atoms with Crippen molar-refractivity contribution in [3.63, 3.8) is 0 Å². The van der Waals surface area contributed by atoms with Gasteiger partial charge in [-0.2, -0.15) is 0 Å². The van der Waals surface area contributed by atoms with Crippen molar-refractivity contribution in [2.75, 3.05) is 17.2 Å². The number of carbonyl (C=O) groups is 2. The molecule has 0 saturated carbocycles. The molecule has 0 bridgehead atoms. The zero-order valence-corrected chi connectivity index (χ0v) is 24.5. The van der Waals surface area contributed by atoms with E-state index in [1.54, 1.807) is 23.1 Å². The summed E-state index contributed by atoms with van der Waals surface area (Å²) < 4.78 is 30.2. The maximum absolute atomic E-state index is 14.2. The lowest BCUT2D eigenvalue weighted by atomic mass is 10.0. The van der Waals surface area contributed by atoms with Crippen LogP contribution in [0.3, 0.4) is 0 Å². The molecule has 11 heteroatoms. The van der Waals surface area contributed by atoms with E-state index in [2.05, 4.69) is 10.6 Å². The number of rotatable bonds is 10. The Morgan fingerprint density at radius 3 is 2.53 bits per heavy atom. The van der Waals surface area contributed by atoms with Gasteiger partial charge in [-0.3, -0.25) is 9.59 Å². The van der Waals surface area contributed by atoms with Crippen molar-refractivity contribution in [3.8, 4) is 11.3 Å². The van der Waals surface area contributed by atoms with E-state index in [0.717, 1.165) is 18.4 Å². The van der Waals surface area contributed by atoms with E-state index in [1.807, 2.05) is 35.8 Å². The van der Waals surface area contributed by atoms with Crippen LogP contribution >= 0.6 is 11.6 Å². The zero-order valence-electron chi connectivity index (χ0n) is 23.7. The number of aromatic nitrogens is 2. The van der Waals surface area contributed by atoms with E-state index in [4.69, 9.17) is 22.3 Å². The number of fused-ring (bicyclic) bond motifs is 1. The number of hydrogen-bond acceptors (Lipinski definition) is 5. The Morgan fingerprint density at radius 2 is 1.81 bits per heavy atom. The number of unbranched alkanes of at least 4 members (excludes halogenated alkanes) is 1. The molecule has 0 saturated heterocycles. The molecule has 0 radical (unpaired) electrons. The van der Waals surface area contributed by atoms with E-state index in [0.29, 0.717) is 60.2 Å². The number of nitrogens with two attached hydrogens (primary N) is 1. The standard InChI is InChI=1S/C32H33ClF2N6O2/c1-2-3-7-29(42)37-23-10-8-20(9-11-23)16-27(36)32(43)40-14-15-41-28(19-40)39-30(21-5-4-6-22(34)17-21)31(41)38-24-12-13-25(33)26(35)18-24/h4-6,8-13,17-18,27,38H,2-3,7,14-16,19,36H2,1H3,(H,37,42)/t27-/m0/s1. The summed E-state index contributed by atoms with van der Waals surface area (Å²) in [5.74, 6) is -0.0835. The SMILES string of the molecule is CCCCC(=O)Nc1ccc(C[C@H](N)C(=O)N2CCn3c(nc(-c4cccc(F)c4)c3Nc3ccc(Cl)c(F)c3)C2)cc1. The Morgan fingerprint density at radius 1 is 1.05 bits per heavy atom. The maximum atomic E-state index is 14.2. The zero-order chi connectivity index (χ0) is 30.5. The monoisotopic (exact) mass is 606 g/mol. The lowest BCUT2D eigenvalue weighted by molar-refractivity contribution is -0.134. The Kier molecular flexibility index (Phi) is 9.37. The van der Waals surface area contributed by atoms with Gasteiger partial charge in [0.05, 0.1) is 17.6 Å². The number of imidazole rings is 1. The fourth-order valence-corrected chi connectivity index (χ4v) is 5.17. The lowest BCUT2D eigenvalue weighted by Gasteiger charge is -2.30. The number of anilines is 3. The highest BCUT2D eigenvalue weighted by atomic mass is 35.5. The van der Waals surface area contributed by atoms with Crippen molar-refractivity contribution in [3.05, 3.63) is 94.8 Å². The van der Waals surface area contributed by atoms with Crippen LogP contribution in [-0.4, -0.2) is 38.9 Å². The van der Waals surface area contributed by atoms with Crippen molar-refractivity contribution < 1.29 is 18.4 Å². The molecule has 0 unspecified atom stereocenters. The molecule has 5 rings (SSSR count). The second-order valence-corrected chi connectivity index (χ2v) is 11.0. The summed E-state index contributed by atoms with van der Waals surface area (Å²) in [6.07, 6.45) is 2.60. The molecule has 2 amide bonds. The van der Waals surface area contributed by atoms with E-state index in [1.165, 1.54) is 24.3 Å². The van der Waals surface area contributed by atoms with Gasteiger partial charge in [0, 0.05) is 36.4 Å². The fourth-order valence-electron chi connectivity index (χ4n) is 5.05. The molecule has 4 aromatic rings. The Balaban J connectivity index is 1.31. The van der Waals surface area contributed by atoms with Gasteiger partial charge in [0.2, 0.25) is 11.8 Å². The predicted octanol–water partition coefficient (Wildman–Crippen LogP) is 6.27. The summed E-state index contributed by atoms with van der Waals surface area (Å²) in [4.78, 5) is 31.8. The third-order valence-electron chi connectivity index (χ3n) is 7.33. The number of hydrogen-bond donors (Lipinski definition) is 3. The molecule has 1 aliphatic rings. The van der Waals surface area contributed by atoms with Gasteiger partial charge in [0.25, 0.3) is 0 Å². The molecule has 0 aliphatic carbocycles. The van der Waals surface area contributed by atoms with Gasteiger partial charge >= 0.3 is 0 Å². The molecule has 3 aromatic carbocycles. The second kappa shape index (κ2) is 13.4. The van der Waals surface area contributed by atoms with Crippen LogP contribution in [0.15, 0.2) is 66.7 Å². The minimum absolute atomic E-state index is 0.00169. The van der Waals surface area contributed by atoms with Crippen LogP contribution in [0.25, 0.3) is 11.3 Å². The van der Waals surface area contributed by atoms with Gasteiger partial charge in [-0.05, 0) is 60.9 Å². The smallest absolute Gasteiger partial charge is 0.240 e. The molecule has 224 valence electrons. The summed E-state index contributed by atoms with van der Waals surface area (Å²) in [5, 5.41) is 6.10. The number of halogens is 3. The first kappa shape index (κ1) is 30.2. The minimum atomic E-state index is -0.774. The van der Waals surface area contributed by atoms with Gasteiger partial charge in [0.15, 0.2) is 0 Å². The van der Waals surface area contributed by atoms with Crippen molar-refractivity contribution in [2.24, 2.45) is 5.73 Å². The largest absolute Gasteiger partial charge is 0.340 e. The first-order valence-electron chi connectivity index (χ1n) is 14.2. The van der Waals surface area contributed by atoms with Gasteiger partial charge in [-0.15, -0.1) is 0 Å². The molecule has 4 N–H and O–H groups in total. The van der Waals surface area contributed by atoms with E-state index in [-0.39, 0.29) is 23.4 Å². The quantitative estimate of drug-likeness (QED) is 0.197. The molecular formula is C32H33ClF2N6O2. The first-order valence-corrected chi connectivity index (χ1v) is 14.6. The highest BCUT2D eigenvalue weighted by Gasteiger charge is 2.29. The molecule has 8 nitrogen and oxygen atoms in total. The Hall–Kier alpha value is -4.28. The van der Waals surface area contributed by atoms with E-state index >= 15 is 0 Å². The van der Waals surface area contributed by atoms with Crippen LogP contribution in [0.5, 0.6) is 0 Å². The Bertz CT molecular complexity index is 1620.